The molecular formula is C15H20N2O2S. The zero-order chi connectivity index (χ0) is 14.6. The van der Waals surface area contributed by atoms with Crippen LogP contribution in [0.1, 0.15) is 41.9 Å². The number of amides is 1. The number of carbonyl (C=O) groups is 1. The summed E-state index contributed by atoms with van der Waals surface area (Å²) < 4.78 is 5.66. The second-order valence-electron chi connectivity index (χ2n) is 5.44. The number of carbonyl (C=O) groups excluding carboxylic acids is 1. The third kappa shape index (κ3) is 3.83. The molecule has 1 aromatic heterocycles. The first-order valence-corrected chi connectivity index (χ1v) is 7.61. The summed E-state index contributed by atoms with van der Waals surface area (Å²) in [5.41, 5.74) is 5.95. The Morgan fingerprint density at radius 1 is 1.65 bits per heavy atom. The highest BCUT2D eigenvalue weighted by molar-refractivity contribution is 7.12. The van der Waals surface area contributed by atoms with E-state index in [4.69, 9.17) is 10.5 Å². The maximum Gasteiger partial charge on any atom is 0.262 e. The number of nitrogens with two attached hydrogens (primary N) is 1. The molecule has 1 aliphatic rings. The minimum absolute atomic E-state index is 0.0518. The van der Waals surface area contributed by atoms with Crippen LogP contribution in [0.2, 0.25) is 0 Å². The highest BCUT2D eigenvalue weighted by atomic mass is 32.1. The molecule has 1 amide bonds. The maximum absolute atomic E-state index is 12.3. The first kappa shape index (κ1) is 15.0. The average molecular weight is 292 g/mol. The third-order valence-corrected chi connectivity index (χ3v) is 4.14. The van der Waals surface area contributed by atoms with Gasteiger partial charge in [0.05, 0.1) is 12.1 Å². The minimum atomic E-state index is -0.173. The molecular weight excluding hydrogens is 272 g/mol. The van der Waals surface area contributed by atoms with E-state index in [0.29, 0.717) is 18.0 Å². The van der Waals surface area contributed by atoms with Crippen molar-refractivity contribution >= 4 is 17.2 Å². The Morgan fingerprint density at radius 3 is 3.15 bits per heavy atom. The minimum Gasteiger partial charge on any atom is -0.375 e. The quantitative estimate of drug-likeness (QED) is 0.816. The molecule has 2 heterocycles. The van der Waals surface area contributed by atoms with Crippen LogP contribution in [-0.2, 0) is 4.74 Å². The first-order valence-electron chi connectivity index (χ1n) is 6.73. The summed E-state index contributed by atoms with van der Waals surface area (Å²) in [7, 11) is 0. The number of rotatable bonds is 2. The molecule has 3 N–H and O–H groups in total. The van der Waals surface area contributed by atoms with Gasteiger partial charge in [-0.2, -0.15) is 0 Å². The monoisotopic (exact) mass is 292 g/mol. The molecule has 0 aromatic carbocycles. The molecule has 20 heavy (non-hydrogen) atoms. The van der Waals surface area contributed by atoms with E-state index in [1.54, 1.807) is 0 Å². The van der Waals surface area contributed by atoms with Gasteiger partial charge in [-0.15, -0.1) is 11.3 Å². The zero-order valence-electron chi connectivity index (χ0n) is 11.9. The summed E-state index contributed by atoms with van der Waals surface area (Å²) in [5.74, 6) is 5.67. The smallest absolute Gasteiger partial charge is 0.262 e. The van der Waals surface area contributed by atoms with Gasteiger partial charge in [-0.25, -0.2) is 0 Å². The zero-order valence-corrected chi connectivity index (χ0v) is 12.7. The third-order valence-electron chi connectivity index (χ3n) is 3.23. The van der Waals surface area contributed by atoms with Gasteiger partial charge in [0.15, 0.2) is 0 Å². The van der Waals surface area contributed by atoms with Crippen molar-refractivity contribution in [1.29, 1.82) is 0 Å². The number of thiophene rings is 1. The van der Waals surface area contributed by atoms with E-state index in [0.717, 1.165) is 18.4 Å². The van der Waals surface area contributed by atoms with Gasteiger partial charge < -0.3 is 15.8 Å². The van der Waals surface area contributed by atoms with Gasteiger partial charge in [0, 0.05) is 18.2 Å². The van der Waals surface area contributed by atoms with Crippen LogP contribution in [0.4, 0.5) is 0 Å². The summed E-state index contributed by atoms with van der Waals surface area (Å²) in [5, 5.41) is 4.96. The number of ether oxygens (including phenoxy) is 1. The van der Waals surface area contributed by atoms with Crippen molar-refractivity contribution in [2.24, 2.45) is 5.73 Å². The number of nitrogens with one attached hydrogen (secondary N) is 1. The van der Waals surface area contributed by atoms with Gasteiger partial charge in [-0.3, -0.25) is 4.79 Å². The second-order valence-corrected chi connectivity index (χ2v) is 6.36. The van der Waals surface area contributed by atoms with E-state index in [-0.39, 0.29) is 17.6 Å². The molecule has 0 saturated carbocycles. The van der Waals surface area contributed by atoms with Crippen LogP contribution in [0.15, 0.2) is 11.4 Å². The lowest BCUT2D eigenvalue weighted by Crippen LogP contribution is -2.45. The largest absolute Gasteiger partial charge is 0.375 e. The van der Waals surface area contributed by atoms with Crippen molar-refractivity contribution in [2.75, 3.05) is 13.2 Å². The van der Waals surface area contributed by atoms with Gasteiger partial charge in [0.2, 0.25) is 0 Å². The Hall–Kier alpha value is -1.35. The van der Waals surface area contributed by atoms with Crippen molar-refractivity contribution in [3.8, 4) is 11.8 Å². The van der Waals surface area contributed by atoms with E-state index >= 15 is 0 Å². The Balaban J connectivity index is 2.03. The molecule has 0 spiro atoms. The van der Waals surface area contributed by atoms with Gasteiger partial charge in [-0.05, 0) is 38.1 Å². The van der Waals surface area contributed by atoms with Crippen molar-refractivity contribution < 1.29 is 9.53 Å². The van der Waals surface area contributed by atoms with Crippen LogP contribution in [0.25, 0.3) is 0 Å². The molecule has 0 radical (unpaired) electrons. The predicted molar refractivity (Wildman–Crippen MR) is 80.8 cm³/mol. The lowest BCUT2D eigenvalue weighted by Gasteiger charge is -2.35. The first-order chi connectivity index (χ1) is 9.52. The van der Waals surface area contributed by atoms with Crippen molar-refractivity contribution in [3.63, 3.8) is 0 Å². The molecule has 0 bridgehead atoms. The lowest BCUT2D eigenvalue weighted by molar-refractivity contribution is -0.0615. The highest BCUT2D eigenvalue weighted by Gasteiger charge is 2.30. The van der Waals surface area contributed by atoms with Gasteiger partial charge >= 0.3 is 0 Å². The Morgan fingerprint density at radius 2 is 2.45 bits per heavy atom. The summed E-state index contributed by atoms with van der Waals surface area (Å²) in [4.78, 5) is 13.0. The van der Waals surface area contributed by atoms with E-state index in [1.807, 2.05) is 11.4 Å². The van der Waals surface area contributed by atoms with E-state index in [1.165, 1.54) is 11.3 Å². The van der Waals surface area contributed by atoms with E-state index in [2.05, 4.69) is 31.0 Å². The lowest BCUT2D eigenvalue weighted by atomic mass is 9.94. The van der Waals surface area contributed by atoms with Crippen LogP contribution in [0, 0.1) is 11.8 Å². The maximum atomic E-state index is 12.3. The van der Waals surface area contributed by atoms with Crippen molar-refractivity contribution in [2.45, 2.75) is 38.3 Å². The van der Waals surface area contributed by atoms with Crippen LogP contribution >= 0.6 is 11.3 Å². The number of hydrogen-bond acceptors (Lipinski definition) is 4. The van der Waals surface area contributed by atoms with Crippen LogP contribution < -0.4 is 11.1 Å². The van der Waals surface area contributed by atoms with E-state index < -0.39 is 0 Å². The molecule has 1 fully saturated rings. The van der Waals surface area contributed by atoms with Crippen LogP contribution in [0.5, 0.6) is 0 Å². The summed E-state index contributed by atoms with van der Waals surface area (Å²) in [6, 6.07) is 2.01. The fourth-order valence-corrected chi connectivity index (χ4v) is 3.09. The van der Waals surface area contributed by atoms with Crippen molar-refractivity contribution in [1.82, 2.24) is 5.32 Å². The van der Waals surface area contributed by atoms with Crippen LogP contribution in [0.3, 0.4) is 0 Å². The topological polar surface area (TPSA) is 64.4 Å². The number of hydrogen-bond donors (Lipinski definition) is 2. The Kier molecular flexibility index (Phi) is 4.81. The van der Waals surface area contributed by atoms with Gasteiger partial charge in [-0.1, -0.05) is 11.8 Å². The SMILES string of the molecule is CC1(C)CC(NC(=O)c2sccc2C#CCN)CCO1. The summed E-state index contributed by atoms with van der Waals surface area (Å²) in [6.07, 6.45) is 1.68. The molecule has 1 aliphatic heterocycles. The summed E-state index contributed by atoms with van der Waals surface area (Å²) >= 11 is 1.41. The Bertz CT molecular complexity index is 540. The highest BCUT2D eigenvalue weighted by Crippen LogP contribution is 2.24. The summed E-state index contributed by atoms with van der Waals surface area (Å²) in [6.45, 7) is 5.08. The molecule has 1 saturated heterocycles. The fourth-order valence-electron chi connectivity index (χ4n) is 2.34. The molecule has 108 valence electrons. The second kappa shape index (κ2) is 6.40. The Labute approximate surface area is 123 Å². The molecule has 4 nitrogen and oxygen atoms in total. The predicted octanol–water partition coefficient (Wildman–Crippen LogP) is 1.75. The average Bonchev–Trinajstić information content (AvgIpc) is 2.83. The molecule has 2 rings (SSSR count). The molecule has 1 atom stereocenters. The standard InChI is InChI=1S/C15H20N2O2S/c1-15(2)10-12(5-8-19-15)17-14(18)13-11(4-3-7-16)6-9-20-13/h6,9,12H,5,7-8,10,16H2,1-2H3,(H,17,18). The molecule has 1 aromatic rings. The van der Waals surface area contributed by atoms with Crippen LogP contribution in [-0.4, -0.2) is 30.7 Å². The molecule has 1 unspecified atom stereocenters. The molecule has 0 aliphatic carbocycles. The van der Waals surface area contributed by atoms with Crippen molar-refractivity contribution in [3.05, 3.63) is 21.9 Å². The normalized spacial score (nSPS) is 20.9. The van der Waals surface area contributed by atoms with Gasteiger partial charge in [0.25, 0.3) is 5.91 Å². The van der Waals surface area contributed by atoms with E-state index in [9.17, 15) is 4.79 Å². The fraction of sp³-hybridized carbons (Fsp3) is 0.533. The van der Waals surface area contributed by atoms with Gasteiger partial charge in [0.1, 0.15) is 4.88 Å². The molecule has 5 heteroatoms.